The van der Waals surface area contributed by atoms with Crippen molar-refractivity contribution < 1.29 is 4.79 Å². The van der Waals surface area contributed by atoms with Crippen molar-refractivity contribution >= 4 is 53.1 Å². The van der Waals surface area contributed by atoms with E-state index in [1.165, 1.54) is 0 Å². The second-order valence-electron chi connectivity index (χ2n) is 9.08. The van der Waals surface area contributed by atoms with Gasteiger partial charge in [-0.2, -0.15) is 9.61 Å². The van der Waals surface area contributed by atoms with Crippen molar-refractivity contribution in [3.8, 4) is 11.3 Å². The van der Waals surface area contributed by atoms with Crippen molar-refractivity contribution in [2.75, 3.05) is 18.4 Å². The zero-order valence-electron chi connectivity index (χ0n) is 19.6. The first kappa shape index (κ1) is 22.6. The van der Waals surface area contributed by atoms with E-state index < -0.39 is 0 Å². The monoisotopic (exact) mass is 491 g/mol. The third-order valence-corrected chi connectivity index (χ3v) is 7.13. The number of amides is 1. The van der Waals surface area contributed by atoms with Crippen LogP contribution in [0.1, 0.15) is 23.2 Å². The fourth-order valence-electron chi connectivity index (χ4n) is 4.91. The van der Waals surface area contributed by atoms with E-state index in [-0.39, 0.29) is 11.9 Å². The predicted octanol–water partition coefficient (Wildman–Crippen LogP) is 4.71. The van der Waals surface area contributed by atoms with Gasteiger partial charge in [-0.25, -0.2) is 4.98 Å². The fraction of sp³-hybridized carbons (Fsp3) is 0.179. The van der Waals surface area contributed by atoms with Gasteiger partial charge in [0.25, 0.3) is 5.91 Å². The molecule has 1 aliphatic heterocycles. The van der Waals surface area contributed by atoms with Gasteiger partial charge in [0.15, 0.2) is 5.65 Å². The third kappa shape index (κ3) is 4.09. The zero-order valence-corrected chi connectivity index (χ0v) is 20.3. The van der Waals surface area contributed by atoms with Crippen LogP contribution in [0, 0.1) is 0 Å². The summed E-state index contributed by atoms with van der Waals surface area (Å²) in [5, 5.41) is 10.7. The van der Waals surface area contributed by atoms with E-state index in [9.17, 15) is 4.79 Å². The molecule has 0 aliphatic carbocycles. The Labute approximate surface area is 215 Å². The maximum absolute atomic E-state index is 13.3. The molecule has 3 aromatic carbocycles. The summed E-state index contributed by atoms with van der Waals surface area (Å²) in [6, 6.07) is 23.7. The molecule has 0 atom stereocenters. The number of fused-ring (bicyclic) bond motifs is 2. The summed E-state index contributed by atoms with van der Waals surface area (Å²) in [5.41, 5.74) is 3.40. The van der Waals surface area contributed by atoms with Crippen LogP contribution >= 0.6 is 11.6 Å². The summed E-state index contributed by atoms with van der Waals surface area (Å²) in [6.45, 7) is 1.35. The SMILES string of the molecule is [B]c1cnn2c(NC3CCN(C(=O)c4cccc5ccccc45)CC3)cc(-c3ccccc3Cl)nc12. The number of nitrogens with one attached hydrogen (secondary N) is 1. The quantitative estimate of drug-likeness (QED) is 0.370. The molecule has 3 heterocycles. The molecule has 176 valence electrons. The highest BCUT2D eigenvalue weighted by Gasteiger charge is 2.25. The average Bonchev–Trinajstić information content (AvgIpc) is 3.29. The molecule has 0 bridgehead atoms. The minimum absolute atomic E-state index is 0.0809. The molecule has 36 heavy (non-hydrogen) atoms. The topological polar surface area (TPSA) is 62.5 Å². The first-order valence-electron chi connectivity index (χ1n) is 12.0. The van der Waals surface area contributed by atoms with Crippen LogP contribution in [0.15, 0.2) is 79.0 Å². The molecule has 0 saturated carbocycles. The smallest absolute Gasteiger partial charge is 0.254 e. The maximum Gasteiger partial charge on any atom is 0.254 e. The molecule has 1 aliphatic rings. The Morgan fingerprint density at radius 2 is 1.75 bits per heavy atom. The van der Waals surface area contributed by atoms with Crippen molar-refractivity contribution in [3.63, 3.8) is 0 Å². The van der Waals surface area contributed by atoms with Crippen molar-refractivity contribution in [2.24, 2.45) is 0 Å². The van der Waals surface area contributed by atoms with Gasteiger partial charge in [-0.15, -0.1) is 0 Å². The van der Waals surface area contributed by atoms with Gasteiger partial charge in [0.1, 0.15) is 13.7 Å². The summed E-state index contributed by atoms with van der Waals surface area (Å²) < 4.78 is 1.73. The molecule has 0 unspecified atom stereocenters. The van der Waals surface area contributed by atoms with Crippen LogP contribution in [0.25, 0.3) is 27.7 Å². The van der Waals surface area contributed by atoms with Crippen LogP contribution in [-0.4, -0.2) is 52.4 Å². The highest BCUT2D eigenvalue weighted by molar-refractivity contribution is 6.36. The van der Waals surface area contributed by atoms with Gasteiger partial charge in [-0.05, 0) is 41.2 Å². The number of piperidine rings is 1. The summed E-state index contributed by atoms with van der Waals surface area (Å²) in [6.07, 6.45) is 3.24. The lowest BCUT2D eigenvalue weighted by molar-refractivity contribution is 0.0720. The number of halogens is 1. The summed E-state index contributed by atoms with van der Waals surface area (Å²) >= 11 is 6.45. The number of benzene rings is 3. The van der Waals surface area contributed by atoms with Crippen LogP contribution in [0.5, 0.6) is 0 Å². The minimum Gasteiger partial charge on any atom is -0.367 e. The van der Waals surface area contributed by atoms with Crippen molar-refractivity contribution in [1.29, 1.82) is 0 Å². The molecular weight excluding hydrogens is 469 g/mol. The molecule has 1 N–H and O–H groups in total. The summed E-state index contributed by atoms with van der Waals surface area (Å²) in [4.78, 5) is 20.0. The van der Waals surface area contributed by atoms with Crippen LogP contribution < -0.4 is 10.8 Å². The highest BCUT2D eigenvalue weighted by atomic mass is 35.5. The Balaban J connectivity index is 1.22. The molecule has 8 heteroatoms. The van der Waals surface area contributed by atoms with Crippen molar-refractivity contribution in [3.05, 3.63) is 89.6 Å². The van der Waals surface area contributed by atoms with Gasteiger partial charge in [-0.1, -0.05) is 66.2 Å². The molecule has 2 aromatic heterocycles. The molecule has 5 aromatic rings. The van der Waals surface area contributed by atoms with E-state index in [0.29, 0.717) is 29.2 Å². The van der Waals surface area contributed by atoms with Crippen LogP contribution in [0.4, 0.5) is 5.82 Å². The van der Waals surface area contributed by atoms with Crippen LogP contribution in [0.2, 0.25) is 5.02 Å². The number of hydrogen-bond donors (Lipinski definition) is 1. The average molecular weight is 492 g/mol. The maximum atomic E-state index is 13.3. The first-order chi connectivity index (χ1) is 17.6. The molecule has 6 rings (SSSR count). The van der Waals surface area contributed by atoms with Crippen molar-refractivity contribution in [2.45, 2.75) is 18.9 Å². The fourth-order valence-corrected chi connectivity index (χ4v) is 5.14. The molecular formula is C28H23BClN5O. The van der Waals surface area contributed by atoms with E-state index in [0.717, 1.165) is 46.3 Å². The first-order valence-corrected chi connectivity index (χ1v) is 12.4. The van der Waals surface area contributed by atoms with E-state index in [4.69, 9.17) is 24.4 Å². The molecule has 2 radical (unpaired) electrons. The molecule has 1 amide bonds. The Morgan fingerprint density at radius 1 is 1.00 bits per heavy atom. The third-order valence-electron chi connectivity index (χ3n) is 6.80. The number of anilines is 1. The number of rotatable bonds is 4. The van der Waals surface area contributed by atoms with Gasteiger partial charge >= 0.3 is 0 Å². The van der Waals surface area contributed by atoms with Gasteiger partial charge in [0.2, 0.25) is 0 Å². The zero-order chi connectivity index (χ0) is 24.6. The van der Waals surface area contributed by atoms with E-state index >= 15 is 0 Å². The van der Waals surface area contributed by atoms with Gasteiger partial charge in [-0.3, -0.25) is 4.79 Å². The van der Waals surface area contributed by atoms with Gasteiger partial charge in [0, 0.05) is 47.5 Å². The minimum atomic E-state index is 0.0809. The molecule has 1 fully saturated rings. The Kier molecular flexibility index (Phi) is 5.85. The summed E-state index contributed by atoms with van der Waals surface area (Å²) in [7, 11) is 6.16. The van der Waals surface area contributed by atoms with Gasteiger partial charge < -0.3 is 10.2 Å². The van der Waals surface area contributed by atoms with E-state index in [1.807, 2.05) is 77.7 Å². The van der Waals surface area contributed by atoms with Gasteiger partial charge in [0.05, 0.1) is 5.69 Å². The van der Waals surface area contributed by atoms with Crippen molar-refractivity contribution in [1.82, 2.24) is 19.5 Å². The van der Waals surface area contributed by atoms with E-state index in [1.54, 1.807) is 10.7 Å². The van der Waals surface area contributed by atoms with E-state index in [2.05, 4.69) is 10.4 Å². The lowest BCUT2D eigenvalue weighted by atomic mass is 10.00. The summed E-state index contributed by atoms with van der Waals surface area (Å²) in [5.74, 6) is 0.878. The number of likely N-dealkylation sites (tertiary alicyclic amines) is 1. The number of carbonyl (C=O) groups is 1. The highest BCUT2D eigenvalue weighted by Crippen LogP contribution is 2.29. The second kappa shape index (κ2) is 9.32. The predicted molar refractivity (Wildman–Crippen MR) is 145 cm³/mol. The number of carbonyl (C=O) groups excluding carboxylic acids is 1. The normalized spacial score (nSPS) is 14.4. The molecule has 0 spiro atoms. The molecule has 1 saturated heterocycles. The standard InChI is InChI=1S/C28H23BClN5O/c29-23-17-31-35-26(16-25(33-27(23)35)22-9-3-4-11-24(22)30)32-19-12-14-34(15-13-19)28(36)21-10-5-7-18-6-1-2-8-20(18)21/h1-11,16-17,19,32H,12-15H2. The largest absolute Gasteiger partial charge is 0.367 e. The molecule has 6 nitrogen and oxygen atoms in total. The Bertz CT molecular complexity index is 1590. The Hall–Kier alpha value is -3.84. The second-order valence-corrected chi connectivity index (χ2v) is 9.49. The number of nitrogens with zero attached hydrogens (tertiary/aromatic N) is 4. The van der Waals surface area contributed by atoms with Crippen LogP contribution in [-0.2, 0) is 0 Å². The van der Waals surface area contributed by atoms with Crippen LogP contribution in [0.3, 0.4) is 0 Å². The number of hydrogen-bond acceptors (Lipinski definition) is 4. The lowest BCUT2D eigenvalue weighted by Crippen LogP contribution is -2.42. The lowest BCUT2D eigenvalue weighted by Gasteiger charge is -2.33. The number of aromatic nitrogens is 3. The Morgan fingerprint density at radius 3 is 2.58 bits per heavy atom.